The van der Waals surface area contributed by atoms with Crippen LogP contribution < -0.4 is 5.73 Å². The Labute approximate surface area is 46.2 Å². The summed E-state index contributed by atoms with van der Waals surface area (Å²) in [5.41, 5.74) is 4.51. The van der Waals surface area contributed by atoms with E-state index in [4.69, 9.17) is 11.1 Å². The summed E-state index contributed by atoms with van der Waals surface area (Å²) in [6.45, 7) is 0. The van der Waals surface area contributed by atoms with E-state index < -0.39 is 6.04 Å². The standard InChI is InChI=1S/C4H6N2O2/c5-3(1-7)4(6)2-8/h1-3,6H,5H2. The quantitative estimate of drug-likeness (QED) is 0.354. The first kappa shape index (κ1) is 6.97. The van der Waals surface area contributed by atoms with E-state index >= 15 is 0 Å². The molecule has 0 aliphatic carbocycles. The molecule has 0 fully saturated rings. The summed E-state index contributed by atoms with van der Waals surface area (Å²) in [4.78, 5) is 19.3. The molecule has 0 aromatic rings. The third kappa shape index (κ3) is 1.61. The predicted molar refractivity (Wildman–Crippen MR) is 27.8 cm³/mol. The fourth-order valence-electron chi connectivity index (χ4n) is 0.152. The highest BCUT2D eigenvalue weighted by molar-refractivity contribution is 6.32. The van der Waals surface area contributed by atoms with Crippen LogP contribution in [0.3, 0.4) is 0 Å². The molecule has 0 spiro atoms. The molecule has 8 heavy (non-hydrogen) atoms. The SMILES string of the molecule is N=C(C=O)C(N)C=O. The van der Waals surface area contributed by atoms with Crippen molar-refractivity contribution >= 4 is 18.3 Å². The van der Waals surface area contributed by atoms with E-state index in [0.29, 0.717) is 6.29 Å². The number of hydrogen-bond acceptors (Lipinski definition) is 4. The van der Waals surface area contributed by atoms with Gasteiger partial charge in [0.25, 0.3) is 0 Å². The van der Waals surface area contributed by atoms with Crippen molar-refractivity contribution in [3.63, 3.8) is 0 Å². The highest BCUT2D eigenvalue weighted by Crippen LogP contribution is 1.69. The Morgan fingerprint density at radius 2 is 2.12 bits per heavy atom. The smallest absolute Gasteiger partial charge is 0.165 e. The maximum atomic E-state index is 9.68. The van der Waals surface area contributed by atoms with E-state index in [1.807, 2.05) is 0 Å². The van der Waals surface area contributed by atoms with Gasteiger partial charge in [0.15, 0.2) is 6.29 Å². The topological polar surface area (TPSA) is 84.0 Å². The second-order valence-electron chi connectivity index (χ2n) is 1.24. The number of nitrogens with one attached hydrogen (secondary N) is 1. The molecular formula is C4H6N2O2. The molecule has 0 aromatic heterocycles. The Balaban J connectivity index is 3.80. The van der Waals surface area contributed by atoms with Crippen molar-refractivity contribution in [3.05, 3.63) is 0 Å². The minimum absolute atomic E-state index is 0.249. The minimum Gasteiger partial charge on any atom is -0.317 e. The lowest BCUT2D eigenvalue weighted by Gasteiger charge is -1.93. The van der Waals surface area contributed by atoms with Crippen LogP contribution >= 0.6 is 0 Å². The molecule has 4 heteroatoms. The molecule has 0 aromatic carbocycles. The maximum absolute atomic E-state index is 9.68. The summed E-state index contributed by atoms with van der Waals surface area (Å²) >= 11 is 0. The summed E-state index contributed by atoms with van der Waals surface area (Å²) in [6.07, 6.45) is 0.593. The molecule has 3 N–H and O–H groups in total. The number of hydrogen-bond donors (Lipinski definition) is 2. The van der Waals surface area contributed by atoms with E-state index in [9.17, 15) is 9.59 Å². The lowest BCUT2D eigenvalue weighted by molar-refractivity contribution is -0.108. The Morgan fingerprint density at radius 1 is 1.62 bits per heavy atom. The van der Waals surface area contributed by atoms with Gasteiger partial charge in [-0.2, -0.15) is 0 Å². The summed E-state index contributed by atoms with van der Waals surface area (Å²) in [7, 11) is 0. The van der Waals surface area contributed by atoms with Gasteiger partial charge in [-0.1, -0.05) is 0 Å². The van der Waals surface area contributed by atoms with Crippen LogP contribution in [0.2, 0.25) is 0 Å². The van der Waals surface area contributed by atoms with E-state index in [1.165, 1.54) is 0 Å². The summed E-state index contributed by atoms with van der Waals surface area (Å²) in [5, 5.41) is 6.62. The van der Waals surface area contributed by atoms with Crippen LogP contribution in [0.4, 0.5) is 0 Å². The van der Waals surface area contributed by atoms with Crippen LogP contribution in [0.15, 0.2) is 0 Å². The zero-order valence-corrected chi connectivity index (χ0v) is 4.13. The van der Waals surface area contributed by atoms with Crippen molar-refractivity contribution in [2.24, 2.45) is 5.73 Å². The Kier molecular flexibility index (Phi) is 2.64. The first-order valence-corrected chi connectivity index (χ1v) is 1.97. The van der Waals surface area contributed by atoms with E-state index in [2.05, 4.69) is 0 Å². The van der Waals surface area contributed by atoms with Gasteiger partial charge in [0.2, 0.25) is 0 Å². The predicted octanol–water partition coefficient (Wildman–Crippen LogP) is -1.27. The molecule has 0 saturated heterocycles. The zero-order valence-electron chi connectivity index (χ0n) is 4.13. The fourth-order valence-corrected chi connectivity index (χ4v) is 0.152. The molecule has 4 nitrogen and oxygen atoms in total. The molecule has 0 saturated carbocycles. The molecule has 0 amide bonds. The zero-order chi connectivity index (χ0) is 6.57. The van der Waals surface area contributed by atoms with Crippen molar-refractivity contribution in [1.82, 2.24) is 0 Å². The van der Waals surface area contributed by atoms with Gasteiger partial charge < -0.3 is 10.5 Å². The molecule has 0 heterocycles. The van der Waals surface area contributed by atoms with Gasteiger partial charge in [0.05, 0.1) is 5.71 Å². The van der Waals surface area contributed by atoms with Gasteiger partial charge in [-0.05, 0) is 0 Å². The number of aldehydes is 2. The molecule has 0 rings (SSSR count). The lowest BCUT2D eigenvalue weighted by Crippen LogP contribution is -2.31. The van der Waals surface area contributed by atoms with Gasteiger partial charge in [-0.15, -0.1) is 0 Å². The van der Waals surface area contributed by atoms with E-state index in [-0.39, 0.29) is 12.0 Å². The first-order chi connectivity index (χ1) is 3.72. The molecule has 0 radical (unpaired) electrons. The van der Waals surface area contributed by atoms with Crippen LogP contribution in [0, 0.1) is 5.41 Å². The second-order valence-corrected chi connectivity index (χ2v) is 1.24. The van der Waals surface area contributed by atoms with E-state index in [0.717, 1.165) is 0 Å². The largest absolute Gasteiger partial charge is 0.317 e. The van der Waals surface area contributed by atoms with Crippen molar-refractivity contribution in [2.75, 3.05) is 0 Å². The molecule has 1 unspecified atom stereocenters. The highest BCUT2D eigenvalue weighted by Gasteiger charge is 2.03. The maximum Gasteiger partial charge on any atom is 0.165 e. The average molecular weight is 114 g/mol. The van der Waals surface area contributed by atoms with Crippen molar-refractivity contribution in [1.29, 1.82) is 5.41 Å². The van der Waals surface area contributed by atoms with Crippen LogP contribution in [0.1, 0.15) is 0 Å². The Hall–Kier alpha value is -1.03. The minimum atomic E-state index is -1.05. The van der Waals surface area contributed by atoms with Crippen molar-refractivity contribution in [3.8, 4) is 0 Å². The van der Waals surface area contributed by atoms with Crippen molar-refractivity contribution in [2.45, 2.75) is 6.04 Å². The van der Waals surface area contributed by atoms with Gasteiger partial charge in [0.1, 0.15) is 12.3 Å². The number of rotatable bonds is 3. The van der Waals surface area contributed by atoms with Gasteiger partial charge in [-0.3, -0.25) is 10.2 Å². The average Bonchev–Trinajstić information content (AvgIpc) is 1.84. The monoisotopic (exact) mass is 114 g/mol. The Morgan fingerprint density at radius 3 is 2.25 bits per heavy atom. The molecule has 0 aliphatic rings. The van der Waals surface area contributed by atoms with Gasteiger partial charge >= 0.3 is 0 Å². The lowest BCUT2D eigenvalue weighted by atomic mass is 10.2. The highest BCUT2D eigenvalue weighted by atomic mass is 16.1. The number of carbonyl (C=O) groups excluding carboxylic acids is 2. The molecule has 0 bridgehead atoms. The van der Waals surface area contributed by atoms with Crippen LogP contribution in [-0.4, -0.2) is 24.3 Å². The first-order valence-electron chi connectivity index (χ1n) is 1.97. The summed E-state index contributed by atoms with van der Waals surface area (Å²) < 4.78 is 0. The van der Waals surface area contributed by atoms with Gasteiger partial charge in [0, 0.05) is 0 Å². The molecular weight excluding hydrogens is 108 g/mol. The third-order valence-corrected chi connectivity index (χ3v) is 0.633. The fraction of sp³-hybridized carbons (Fsp3) is 0.250. The summed E-state index contributed by atoms with van der Waals surface area (Å²) in [5.74, 6) is 0. The van der Waals surface area contributed by atoms with E-state index in [1.54, 1.807) is 0 Å². The summed E-state index contributed by atoms with van der Waals surface area (Å²) in [6, 6.07) is -1.05. The second kappa shape index (κ2) is 3.04. The van der Waals surface area contributed by atoms with Crippen molar-refractivity contribution < 1.29 is 9.59 Å². The number of nitrogens with two attached hydrogens (primary N) is 1. The third-order valence-electron chi connectivity index (χ3n) is 0.633. The Bertz CT molecular complexity index is 121. The van der Waals surface area contributed by atoms with Crippen LogP contribution in [0.25, 0.3) is 0 Å². The molecule has 0 aliphatic heterocycles. The van der Waals surface area contributed by atoms with Crippen LogP contribution in [-0.2, 0) is 9.59 Å². The van der Waals surface area contributed by atoms with Gasteiger partial charge in [-0.25, -0.2) is 0 Å². The number of carbonyl (C=O) groups is 2. The molecule has 44 valence electrons. The normalized spacial score (nSPS) is 12.1. The molecule has 1 atom stereocenters. The van der Waals surface area contributed by atoms with Crippen LogP contribution in [0.5, 0.6) is 0 Å².